The second-order valence-corrected chi connectivity index (χ2v) is 6.55. The standard InChI is InChI=1S/C11H10F2N2O3S2/c12-9-1-7(5-16)2-10(11(9)13)20(17,18)15-4-8-3-14-6-19-8/h1-3,6,15-16H,4-5H2. The van der Waals surface area contributed by atoms with Crippen LogP contribution >= 0.6 is 11.3 Å². The van der Waals surface area contributed by atoms with Crippen LogP contribution in [0.15, 0.2) is 28.7 Å². The highest BCUT2D eigenvalue weighted by Gasteiger charge is 2.22. The van der Waals surface area contributed by atoms with E-state index in [9.17, 15) is 17.2 Å². The summed E-state index contributed by atoms with van der Waals surface area (Å²) < 4.78 is 52.9. The molecule has 0 atom stereocenters. The number of rotatable bonds is 5. The molecule has 2 N–H and O–H groups in total. The van der Waals surface area contributed by atoms with Gasteiger partial charge >= 0.3 is 0 Å². The maximum absolute atomic E-state index is 13.6. The number of halogens is 2. The fourth-order valence-corrected chi connectivity index (χ4v) is 3.24. The summed E-state index contributed by atoms with van der Waals surface area (Å²) in [4.78, 5) is 3.58. The largest absolute Gasteiger partial charge is 0.392 e. The van der Waals surface area contributed by atoms with Gasteiger partial charge in [-0.2, -0.15) is 0 Å². The number of nitrogens with one attached hydrogen (secondary N) is 1. The smallest absolute Gasteiger partial charge is 0.243 e. The van der Waals surface area contributed by atoms with E-state index in [-0.39, 0.29) is 12.1 Å². The second kappa shape index (κ2) is 5.92. The van der Waals surface area contributed by atoms with Crippen molar-refractivity contribution in [2.24, 2.45) is 0 Å². The van der Waals surface area contributed by atoms with Gasteiger partial charge in [0, 0.05) is 17.6 Å². The summed E-state index contributed by atoms with van der Waals surface area (Å²) in [5.74, 6) is -2.80. The topological polar surface area (TPSA) is 79.3 Å². The third kappa shape index (κ3) is 3.18. The average Bonchev–Trinajstić information content (AvgIpc) is 2.92. The molecule has 5 nitrogen and oxygen atoms in total. The first-order chi connectivity index (χ1) is 9.44. The SMILES string of the molecule is O=S(=O)(NCc1cncs1)c1cc(CO)cc(F)c1F. The lowest BCUT2D eigenvalue weighted by molar-refractivity contribution is 0.280. The Hall–Kier alpha value is -1.42. The molecule has 1 aromatic heterocycles. The van der Waals surface area contributed by atoms with Gasteiger partial charge in [0.25, 0.3) is 0 Å². The van der Waals surface area contributed by atoms with Crippen LogP contribution < -0.4 is 4.72 Å². The van der Waals surface area contributed by atoms with E-state index in [1.165, 1.54) is 23.0 Å². The van der Waals surface area contributed by atoms with Crippen molar-refractivity contribution in [1.82, 2.24) is 9.71 Å². The molecule has 0 aliphatic carbocycles. The monoisotopic (exact) mass is 320 g/mol. The molecule has 0 radical (unpaired) electrons. The van der Waals surface area contributed by atoms with Gasteiger partial charge in [0.05, 0.1) is 12.1 Å². The van der Waals surface area contributed by atoms with E-state index in [4.69, 9.17) is 5.11 Å². The summed E-state index contributed by atoms with van der Waals surface area (Å²) >= 11 is 1.23. The zero-order valence-electron chi connectivity index (χ0n) is 10.0. The third-order valence-electron chi connectivity index (χ3n) is 2.45. The molecule has 0 aliphatic heterocycles. The Labute approximate surface area is 118 Å². The molecule has 0 unspecified atom stereocenters. The van der Waals surface area contributed by atoms with E-state index in [1.807, 2.05) is 0 Å². The number of aliphatic hydroxyl groups is 1. The normalized spacial score (nSPS) is 11.8. The van der Waals surface area contributed by atoms with Crippen molar-refractivity contribution < 1.29 is 22.3 Å². The molecule has 0 saturated heterocycles. The lowest BCUT2D eigenvalue weighted by atomic mass is 10.2. The van der Waals surface area contributed by atoms with Gasteiger partial charge in [0.15, 0.2) is 11.6 Å². The van der Waals surface area contributed by atoms with E-state index in [1.54, 1.807) is 0 Å². The molecular weight excluding hydrogens is 310 g/mol. The Bertz CT molecular complexity index is 703. The van der Waals surface area contributed by atoms with Gasteiger partial charge in [-0.05, 0) is 17.7 Å². The van der Waals surface area contributed by atoms with Gasteiger partial charge in [-0.1, -0.05) is 0 Å². The maximum atomic E-state index is 13.6. The van der Waals surface area contributed by atoms with E-state index >= 15 is 0 Å². The summed E-state index contributed by atoms with van der Waals surface area (Å²) in [6.45, 7) is -0.661. The predicted octanol–water partition coefficient (Wildman–Crippen LogP) is 1.39. The van der Waals surface area contributed by atoms with Gasteiger partial charge < -0.3 is 5.11 Å². The van der Waals surface area contributed by atoms with Crippen molar-refractivity contribution in [3.05, 3.63) is 45.9 Å². The Balaban J connectivity index is 2.31. The van der Waals surface area contributed by atoms with Gasteiger partial charge in [0.2, 0.25) is 10.0 Å². The first-order valence-electron chi connectivity index (χ1n) is 5.40. The number of aromatic nitrogens is 1. The molecule has 0 saturated carbocycles. The average molecular weight is 320 g/mol. The zero-order valence-corrected chi connectivity index (χ0v) is 11.6. The van der Waals surface area contributed by atoms with Crippen LogP contribution in [0.2, 0.25) is 0 Å². The molecule has 2 aromatic rings. The summed E-state index contributed by atoms with van der Waals surface area (Å²) in [5, 5.41) is 8.91. The molecule has 0 fully saturated rings. The minimum atomic E-state index is -4.22. The summed E-state index contributed by atoms with van der Waals surface area (Å²) in [5.41, 5.74) is 1.50. The van der Waals surface area contributed by atoms with Crippen molar-refractivity contribution in [3.63, 3.8) is 0 Å². The van der Waals surface area contributed by atoms with Crippen molar-refractivity contribution in [1.29, 1.82) is 0 Å². The molecule has 1 aromatic carbocycles. The molecule has 20 heavy (non-hydrogen) atoms. The number of hydrogen-bond donors (Lipinski definition) is 2. The summed E-state index contributed by atoms with van der Waals surface area (Å²) in [6, 6.07) is 1.64. The minimum absolute atomic E-state index is 0.0259. The number of hydrogen-bond acceptors (Lipinski definition) is 5. The van der Waals surface area contributed by atoms with Crippen LogP contribution in [-0.4, -0.2) is 18.5 Å². The summed E-state index contributed by atoms with van der Waals surface area (Å²) in [6.07, 6.45) is 1.47. The fourth-order valence-electron chi connectivity index (χ4n) is 1.48. The number of aliphatic hydroxyl groups excluding tert-OH is 1. The van der Waals surface area contributed by atoms with Crippen molar-refractivity contribution >= 4 is 21.4 Å². The van der Waals surface area contributed by atoms with Crippen molar-refractivity contribution in [2.45, 2.75) is 18.0 Å². The van der Waals surface area contributed by atoms with E-state index in [0.717, 1.165) is 12.1 Å². The Morgan fingerprint density at radius 3 is 2.70 bits per heavy atom. The molecule has 108 valence electrons. The van der Waals surface area contributed by atoms with E-state index < -0.39 is 33.2 Å². The molecule has 1 heterocycles. The highest BCUT2D eigenvalue weighted by Crippen LogP contribution is 2.20. The van der Waals surface area contributed by atoms with Gasteiger partial charge in [-0.25, -0.2) is 21.9 Å². The van der Waals surface area contributed by atoms with E-state index in [0.29, 0.717) is 4.88 Å². The molecule has 0 aliphatic rings. The highest BCUT2D eigenvalue weighted by molar-refractivity contribution is 7.89. The highest BCUT2D eigenvalue weighted by atomic mass is 32.2. The van der Waals surface area contributed by atoms with Crippen molar-refractivity contribution in [2.75, 3.05) is 0 Å². The second-order valence-electron chi connectivity index (χ2n) is 3.84. The van der Waals surface area contributed by atoms with Gasteiger partial charge in [-0.15, -0.1) is 11.3 Å². The van der Waals surface area contributed by atoms with Crippen LogP contribution in [-0.2, 0) is 23.2 Å². The minimum Gasteiger partial charge on any atom is -0.392 e. The van der Waals surface area contributed by atoms with Crippen molar-refractivity contribution in [3.8, 4) is 0 Å². The van der Waals surface area contributed by atoms with Crippen LogP contribution in [0.5, 0.6) is 0 Å². The molecule has 2 rings (SSSR count). The van der Waals surface area contributed by atoms with Crippen LogP contribution in [0.1, 0.15) is 10.4 Å². The summed E-state index contributed by atoms with van der Waals surface area (Å²) in [7, 11) is -4.22. The number of thiazole rings is 1. The first-order valence-corrected chi connectivity index (χ1v) is 7.76. The van der Waals surface area contributed by atoms with Crippen LogP contribution in [0.4, 0.5) is 8.78 Å². The first kappa shape index (κ1) is 15.0. The molecular formula is C11H10F2N2O3S2. The number of nitrogens with zero attached hydrogens (tertiary/aromatic N) is 1. The zero-order chi connectivity index (χ0) is 14.8. The number of benzene rings is 1. The Morgan fingerprint density at radius 1 is 1.35 bits per heavy atom. The van der Waals surface area contributed by atoms with Gasteiger partial charge in [0.1, 0.15) is 4.90 Å². The molecule has 0 spiro atoms. The lowest BCUT2D eigenvalue weighted by Gasteiger charge is -2.09. The van der Waals surface area contributed by atoms with Crippen LogP contribution in [0, 0.1) is 11.6 Å². The lowest BCUT2D eigenvalue weighted by Crippen LogP contribution is -2.24. The Kier molecular flexibility index (Phi) is 4.43. The van der Waals surface area contributed by atoms with Crippen LogP contribution in [0.25, 0.3) is 0 Å². The maximum Gasteiger partial charge on any atom is 0.243 e. The quantitative estimate of drug-likeness (QED) is 0.872. The molecule has 9 heteroatoms. The predicted molar refractivity (Wildman–Crippen MR) is 68.4 cm³/mol. The van der Waals surface area contributed by atoms with E-state index in [2.05, 4.69) is 9.71 Å². The Morgan fingerprint density at radius 2 is 2.10 bits per heavy atom. The van der Waals surface area contributed by atoms with Crippen LogP contribution in [0.3, 0.4) is 0 Å². The van der Waals surface area contributed by atoms with Gasteiger partial charge in [-0.3, -0.25) is 4.98 Å². The molecule has 0 amide bonds. The number of sulfonamides is 1. The third-order valence-corrected chi connectivity index (χ3v) is 4.63. The fraction of sp³-hybridized carbons (Fsp3) is 0.182. The molecule has 0 bridgehead atoms.